The van der Waals surface area contributed by atoms with E-state index in [0.29, 0.717) is 25.7 Å². The van der Waals surface area contributed by atoms with E-state index in [1.54, 1.807) is 0 Å². The van der Waals surface area contributed by atoms with Gasteiger partial charge in [0.2, 0.25) is 0 Å². The summed E-state index contributed by atoms with van der Waals surface area (Å²) in [6.07, 6.45) is 44.5. The second kappa shape index (κ2) is 61.6. The third-order valence-electron chi connectivity index (χ3n) is 17.7. The molecule has 5 unspecified atom stereocenters. The number of unbranched alkanes of at least 4 members (excludes halogenated alkanes) is 32. The molecule has 0 bridgehead atoms. The third-order valence-corrected chi connectivity index (χ3v) is 19.6. The Labute approximate surface area is 556 Å². The number of esters is 4. The molecule has 0 aromatic heterocycles. The fourth-order valence-corrected chi connectivity index (χ4v) is 12.3. The van der Waals surface area contributed by atoms with E-state index in [1.807, 2.05) is 0 Å². The topological polar surface area (TPSA) is 237 Å². The van der Waals surface area contributed by atoms with E-state index in [-0.39, 0.29) is 25.7 Å². The van der Waals surface area contributed by atoms with Crippen molar-refractivity contribution in [3.05, 3.63) is 0 Å². The second-order valence-electron chi connectivity index (χ2n) is 27.2. The molecule has 0 spiro atoms. The minimum Gasteiger partial charge on any atom is -0.462 e. The van der Waals surface area contributed by atoms with Gasteiger partial charge in [0.05, 0.1) is 26.4 Å². The van der Waals surface area contributed by atoms with Crippen LogP contribution in [-0.4, -0.2) is 96.7 Å². The fourth-order valence-electron chi connectivity index (χ4n) is 10.7. The predicted octanol–water partition coefficient (Wildman–Crippen LogP) is 20.5. The summed E-state index contributed by atoms with van der Waals surface area (Å²) >= 11 is 0. The van der Waals surface area contributed by atoms with E-state index in [9.17, 15) is 43.2 Å². The van der Waals surface area contributed by atoms with E-state index < -0.39 is 97.5 Å². The molecule has 0 aliphatic rings. The van der Waals surface area contributed by atoms with Gasteiger partial charge in [0.25, 0.3) is 0 Å². The van der Waals surface area contributed by atoms with Gasteiger partial charge in [-0.1, -0.05) is 306 Å². The molecule has 0 saturated heterocycles. The second-order valence-corrected chi connectivity index (χ2v) is 30.1. The number of hydrogen-bond donors (Lipinski definition) is 3. The van der Waals surface area contributed by atoms with Crippen molar-refractivity contribution in [2.45, 2.75) is 375 Å². The summed E-state index contributed by atoms with van der Waals surface area (Å²) in [5.74, 6) is 0.907. The van der Waals surface area contributed by atoms with Gasteiger partial charge in [-0.25, -0.2) is 9.13 Å². The van der Waals surface area contributed by atoms with Gasteiger partial charge >= 0.3 is 39.5 Å². The summed E-state index contributed by atoms with van der Waals surface area (Å²) in [5.41, 5.74) is 0. The largest absolute Gasteiger partial charge is 0.472 e. The van der Waals surface area contributed by atoms with Crippen LogP contribution in [0.5, 0.6) is 0 Å². The Hall–Kier alpha value is -1.94. The average molecular weight is 1340 g/mol. The average Bonchev–Trinajstić information content (AvgIpc) is 3.71. The quantitative estimate of drug-likeness (QED) is 0.0222. The summed E-state index contributed by atoms with van der Waals surface area (Å²) in [6, 6.07) is 0. The fraction of sp³-hybridized carbons (Fsp3) is 0.944. The van der Waals surface area contributed by atoms with E-state index in [4.69, 9.17) is 37.0 Å². The number of carbonyl (C=O) groups is 4. The third kappa shape index (κ3) is 62.6. The van der Waals surface area contributed by atoms with Crippen molar-refractivity contribution in [1.29, 1.82) is 0 Å². The van der Waals surface area contributed by atoms with E-state index in [0.717, 1.165) is 120 Å². The van der Waals surface area contributed by atoms with Crippen molar-refractivity contribution < 1.29 is 80.2 Å². The predicted molar refractivity (Wildman–Crippen MR) is 367 cm³/mol. The van der Waals surface area contributed by atoms with Crippen LogP contribution in [0.2, 0.25) is 0 Å². The lowest BCUT2D eigenvalue weighted by molar-refractivity contribution is -0.161. The lowest BCUT2D eigenvalue weighted by Crippen LogP contribution is -2.30. The Morgan fingerprint density at radius 1 is 0.308 bits per heavy atom. The molecule has 0 saturated carbocycles. The number of ether oxygens (including phenoxy) is 4. The molecule has 91 heavy (non-hydrogen) atoms. The minimum absolute atomic E-state index is 0.102. The van der Waals surface area contributed by atoms with Crippen LogP contribution in [0.1, 0.15) is 357 Å². The number of carbonyl (C=O) groups excluding carboxylic acids is 4. The molecule has 17 nitrogen and oxygen atoms in total. The first kappa shape index (κ1) is 89.1. The standard InChI is InChI=1S/C72H140O17P2/c1-9-63(6)49-41-33-25-22-23-26-36-44-52-69(74)82-58-68(89-72(77)55-47-39-31-29-35-43-51-65(8)11-3)61-87-91(80,81)85-57-66(73)56-84-90(78,79)86-60-67(59-83-70(75)53-45-37-30-28-34-42-50-64(7)10-2)88-71(76)54-46-38-27-21-19-17-15-13-12-14-16-18-20-24-32-40-48-62(4)5/h62-68,73H,9-61H2,1-8H3,(H,78,79)(H,80,81)/t63?,64?,65?,66-,67+,68+/m0/s1. The Morgan fingerprint density at radius 2 is 0.527 bits per heavy atom. The van der Waals surface area contributed by atoms with Crippen molar-refractivity contribution in [3.8, 4) is 0 Å². The van der Waals surface area contributed by atoms with Crippen molar-refractivity contribution in [2.75, 3.05) is 39.6 Å². The number of phosphoric ester groups is 2. The molecule has 3 N–H and O–H groups in total. The van der Waals surface area contributed by atoms with Crippen LogP contribution in [0.25, 0.3) is 0 Å². The zero-order valence-electron chi connectivity index (χ0n) is 59.5. The van der Waals surface area contributed by atoms with Gasteiger partial charge < -0.3 is 33.8 Å². The van der Waals surface area contributed by atoms with Gasteiger partial charge in [-0.3, -0.25) is 37.3 Å². The molecule has 0 fully saturated rings. The molecule has 19 heteroatoms. The van der Waals surface area contributed by atoms with Crippen molar-refractivity contribution >= 4 is 39.5 Å². The maximum absolute atomic E-state index is 13.0. The van der Waals surface area contributed by atoms with Gasteiger partial charge in [0, 0.05) is 25.7 Å². The molecule has 0 aromatic carbocycles. The van der Waals surface area contributed by atoms with Crippen LogP contribution < -0.4 is 0 Å². The monoisotopic (exact) mass is 1340 g/mol. The SMILES string of the molecule is CCC(C)CCCCCCCCCCC(=O)OC[C@H](COP(=O)(O)OC[C@@H](O)COP(=O)(O)OC[C@@H](COC(=O)CCCCCCCCC(C)CC)OC(=O)CCCCCCCCCCCCCCCCCCC(C)C)OC(=O)CCCCCCCCC(C)CC. The normalized spacial score (nSPS) is 15.1. The summed E-state index contributed by atoms with van der Waals surface area (Å²) in [5, 5.41) is 10.6. The van der Waals surface area contributed by atoms with Crippen molar-refractivity contribution in [2.24, 2.45) is 23.7 Å². The van der Waals surface area contributed by atoms with E-state index >= 15 is 0 Å². The van der Waals surface area contributed by atoms with Crippen molar-refractivity contribution in [3.63, 3.8) is 0 Å². The van der Waals surface area contributed by atoms with E-state index in [2.05, 4.69) is 55.4 Å². The number of rotatable bonds is 69. The lowest BCUT2D eigenvalue weighted by atomic mass is 9.99. The zero-order valence-corrected chi connectivity index (χ0v) is 61.3. The summed E-state index contributed by atoms with van der Waals surface area (Å²) in [6.45, 7) is 14.1. The van der Waals surface area contributed by atoms with Crippen molar-refractivity contribution in [1.82, 2.24) is 0 Å². The van der Waals surface area contributed by atoms with Crippen LogP contribution in [-0.2, 0) is 65.4 Å². The molecule has 0 aliphatic carbocycles. The molecule has 540 valence electrons. The Morgan fingerprint density at radius 3 is 0.780 bits per heavy atom. The highest BCUT2D eigenvalue weighted by molar-refractivity contribution is 7.47. The maximum Gasteiger partial charge on any atom is 0.472 e. The number of hydrogen-bond acceptors (Lipinski definition) is 15. The Bertz CT molecular complexity index is 1800. The number of aliphatic hydroxyl groups excluding tert-OH is 1. The molecule has 0 aromatic rings. The van der Waals surface area contributed by atoms with Crippen LogP contribution in [0, 0.1) is 23.7 Å². The highest BCUT2D eigenvalue weighted by Crippen LogP contribution is 2.45. The first-order valence-electron chi connectivity index (χ1n) is 37.3. The van der Waals surface area contributed by atoms with Crippen LogP contribution >= 0.6 is 15.6 Å². The lowest BCUT2D eigenvalue weighted by Gasteiger charge is -2.21. The van der Waals surface area contributed by atoms with E-state index in [1.165, 1.54) is 154 Å². The Balaban J connectivity index is 5.21. The van der Waals surface area contributed by atoms with Crippen LogP contribution in [0.4, 0.5) is 0 Å². The summed E-state index contributed by atoms with van der Waals surface area (Å²) in [7, 11) is -9.91. The minimum atomic E-state index is -4.95. The number of phosphoric acid groups is 2. The smallest absolute Gasteiger partial charge is 0.462 e. The Kier molecular flexibility index (Phi) is 60.3. The summed E-state index contributed by atoms with van der Waals surface area (Å²) < 4.78 is 68.3. The summed E-state index contributed by atoms with van der Waals surface area (Å²) in [4.78, 5) is 72.6. The first-order valence-corrected chi connectivity index (χ1v) is 40.3. The van der Waals surface area contributed by atoms with Crippen LogP contribution in [0.15, 0.2) is 0 Å². The molecule has 0 rings (SSSR count). The molecular formula is C72H140O17P2. The zero-order chi connectivity index (χ0) is 67.5. The molecule has 0 aliphatic heterocycles. The van der Waals surface area contributed by atoms with Gasteiger partial charge in [-0.05, 0) is 49.4 Å². The maximum atomic E-state index is 13.0. The van der Waals surface area contributed by atoms with Gasteiger partial charge in [0.1, 0.15) is 19.3 Å². The highest BCUT2D eigenvalue weighted by Gasteiger charge is 2.30. The molecule has 0 radical (unpaired) electrons. The molecule has 0 heterocycles. The molecular weight excluding hydrogens is 1200 g/mol. The number of aliphatic hydroxyl groups is 1. The molecule has 8 atom stereocenters. The van der Waals surface area contributed by atoms with Gasteiger partial charge in [-0.2, -0.15) is 0 Å². The highest BCUT2D eigenvalue weighted by atomic mass is 31.2. The van der Waals surface area contributed by atoms with Crippen LogP contribution in [0.3, 0.4) is 0 Å². The van der Waals surface area contributed by atoms with Gasteiger partial charge in [-0.15, -0.1) is 0 Å². The molecule has 0 amide bonds. The first-order chi connectivity index (χ1) is 43.7. The van der Waals surface area contributed by atoms with Gasteiger partial charge in [0.15, 0.2) is 12.2 Å².